The Morgan fingerprint density at radius 1 is 1.21 bits per heavy atom. The molecule has 8 heteroatoms. The van der Waals surface area contributed by atoms with Crippen molar-refractivity contribution in [2.45, 2.75) is 31.3 Å². The third-order valence-electron chi connectivity index (χ3n) is 5.77. The Morgan fingerprint density at radius 3 is 2.73 bits per heavy atom. The van der Waals surface area contributed by atoms with Gasteiger partial charge in [0.1, 0.15) is 4.83 Å². The predicted octanol–water partition coefficient (Wildman–Crippen LogP) is 5.96. The number of aryl methyl sites for hydroxylation is 1. The lowest BCUT2D eigenvalue weighted by Crippen LogP contribution is -2.23. The van der Waals surface area contributed by atoms with Gasteiger partial charge >= 0.3 is 0 Å². The minimum atomic E-state index is -0.171. The summed E-state index contributed by atoms with van der Waals surface area (Å²) in [6.45, 7) is 2.25. The predicted molar refractivity (Wildman–Crippen MR) is 137 cm³/mol. The van der Waals surface area contributed by atoms with Gasteiger partial charge in [-0.15, -0.1) is 11.3 Å². The van der Waals surface area contributed by atoms with E-state index in [9.17, 15) is 9.59 Å². The Kier molecular flexibility index (Phi) is 6.27. The first-order valence-electron chi connectivity index (χ1n) is 10.8. The van der Waals surface area contributed by atoms with Crippen molar-refractivity contribution < 1.29 is 4.79 Å². The second-order valence-corrected chi connectivity index (χ2v) is 10.7. The number of carbonyl (C=O) groups excluding carboxylic acids is 1. The van der Waals surface area contributed by atoms with Gasteiger partial charge in [-0.2, -0.15) is 0 Å². The van der Waals surface area contributed by atoms with Crippen molar-refractivity contribution in [2.24, 2.45) is 5.92 Å². The third-order valence-corrected chi connectivity index (χ3v) is 8.11. The van der Waals surface area contributed by atoms with Crippen LogP contribution in [0.1, 0.15) is 23.8 Å². The number of nitrogens with one attached hydrogen (secondary N) is 1. The molecule has 0 aliphatic heterocycles. The Labute approximate surface area is 204 Å². The van der Waals surface area contributed by atoms with Gasteiger partial charge in [-0.05, 0) is 67.1 Å². The lowest BCUT2D eigenvalue weighted by atomic mass is 9.89. The highest BCUT2D eigenvalue weighted by Crippen LogP contribution is 2.37. The molecule has 1 amide bonds. The van der Waals surface area contributed by atoms with Crippen molar-refractivity contribution in [1.29, 1.82) is 0 Å². The van der Waals surface area contributed by atoms with Gasteiger partial charge in [-0.25, -0.2) is 4.98 Å². The molecule has 0 fully saturated rings. The van der Waals surface area contributed by atoms with Crippen molar-refractivity contribution in [1.82, 2.24) is 9.55 Å². The molecular weight excluding hydrogens is 474 g/mol. The molecule has 2 aromatic heterocycles. The lowest BCUT2D eigenvalue weighted by Gasteiger charge is -2.17. The van der Waals surface area contributed by atoms with Crippen LogP contribution in [0.4, 0.5) is 5.69 Å². The number of amides is 1. The molecule has 5 nitrogen and oxygen atoms in total. The lowest BCUT2D eigenvalue weighted by molar-refractivity contribution is -0.113. The van der Waals surface area contributed by atoms with Crippen LogP contribution in [-0.4, -0.2) is 21.2 Å². The van der Waals surface area contributed by atoms with Gasteiger partial charge in [0.05, 0.1) is 16.8 Å². The number of fused-ring (bicyclic) bond motifs is 3. The molecular formula is C25H22ClN3O2S2. The number of rotatable bonds is 5. The van der Waals surface area contributed by atoms with E-state index in [4.69, 9.17) is 16.6 Å². The minimum absolute atomic E-state index is 0.0566. The van der Waals surface area contributed by atoms with E-state index in [1.54, 1.807) is 40.2 Å². The molecule has 168 valence electrons. The summed E-state index contributed by atoms with van der Waals surface area (Å²) < 4.78 is 1.65. The van der Waals surface area contributed by atoms with Gasteiger partial charge in [-0.1, -0.05) is 48.5 Å². The highest BCUT2D eigenvalue weighted by atomic mass is 35.5. The second-order valence-electron chi connectivity index (χ2n) is 8.25. The van der Waals surface area contributed by atoms with Crippen molar-refractivity contribution in [3.05, 3.63) is 80.4 Å². The van der Waals surface area contributed by atoms with Crippen molar-refractivity contribution in [3.8, 4) is 5.69 Å². The van der Waals surface area contributed by atoms with E-state index < -0.39 is 0 Å². The normalized spacial score (nSPS) is 15.4. The van der Waals surface area contributed by atoms with Gasteiger partial charge in [-0.3, -0.25) is 14.2 Å². The van der Waals surface area contributed by atoms with Crippen LogP contribution >= 0.6 is 34.7 Å². The summed E-state index contributed by atoms with van der Waals surface area (Å²) in [6.07, 6.45) is 3.00. The minimum Gasteiger partial charge on any atom is -0.325 e. The molecule has 1 aliphatic carbocycles. The number of nitrogens with zero attached hydrogens (tertiary/aromatic N) is 2. The highest BCUT2D eigenvalue weighted by molar-refractivity contribution is 7.99. The number of benzene rings is 2. The van der Waals surface area contributed by atoms with Crippen LogP contribution in [0.25, 0.3) is 15.9 Å². The number of hydrogen-bond donors (Lipinski definition) is 1. The molecule has 1 aliphatic rings. The average molecular weight is 496 g/mol. The molecule has 5 rings (SSSR count). The Hall–Kier alpha value is -2.61. The topological polar surface area (TPSA) is 64.0 Å². The molecule has 1 atom stereocenters. The standard InChI is InChI=1S/C25H22ClN3O2S2/c1-15-7-12-19-20(13-15)33-23-22(19)24(31)29(18-5-3-2-4-6-18)25(28-23)32-14-21(30)27-17-10-8-16(26)9-11-17/h2-6,8-11,15H,7,12-14H2,1H3,(H,27,30). The second kappa shape index (κ2) is 9.33. The molecule has 33 heavy (non-hydrogen) atoms. The summed E-state index contributed by atoms with van der Waals surface area (Å²) in [5.41, 5.74) is 2.53. The molecule has 4 aromatic rings. The molecule has 2 heterocycles. The number of thioether (sulfide) groups is 1. The molecule has 0 radical (unpaired) electrons. The SMILES string of the molecule is CC1CCc2c(sc3nc(SCC(=O)Nc4ccc(Cl)cc4)n(-c4ccccc4)c(=O)c23)C1. The van der Waals surface area contributed by atoms with Gasteiger partial charge < -0.3 is 5.32 Å². The fraction of sp³-hybridized carbons (Fsp3) is 0.240. The van der Waals surface area contributed by atoms with Gasteiger partial charge in [0.15, 0.2) is 5.16 Å². The van der Waals surface area contributed by atoms with Crippen LogP contribution in [0.2, 0.25) is 5.02 Å². The van der Waals surface area contributed by atoms with Crippen LogP contribution in [0.3, 0.4) is 0 Å². The number of hydrogen-bond acceptors (Lipinski definition) is 5. The first kappa shape index (κ1) is 22.2. The zero-order valence-corrected chi connectivity index (χ0v) is 20.4. The highest BCUT2D eigenvalue weighted by Gasteiger charge is 2.25. The van der Waals surface area contributed by atoms with E-state index in [2.05, 4.69) is 12.2 Å². The molecule has 0 saturated carbocycles. The summed E-state index contributed by atoms with van der Waals surface area (Å²) >= 11 is 8.81. The summed E-state index contributed by atoms with van der Waals surface area (Å²) in [4.78, 5) is 33.2. The Balaban J connectivity index is 1.51. The van der Waals surface area contributed by atoms with Crippen LogP contribution < -0.4 is 10.9 Å². The van der Waals surface area contributed by atoms with Gasteiger partial charge in [0.25, 0.3) is 5.56 Å². The molecule has 2 aromatic carbocycles. The summed E-state index contributed by atoms with van der Waals surface area (Å²) in [6, 6.07) is 16.5. The maximum absolute atomic E-state index is 13.7. The van der Waals surface area contributed by atoms with Crippen LogP contribution in [-0.2, 0) is 17.6 Å². The van der Waals surface area contributed by atoms with Crippen molar-refractivity contribution >= 4 is 56.5 Å². The first-order valence-corrected chi connectivity index (χ1v) is 13.0. The molecule has 1 N–H and O–H groups in total. The van der Waals surface area contributed by atoms with Gasteiger partial charge in [0, 0.05) is 15.6 Å². The number of halogens is 1. The molecule has 0 saturated heterocycles. The van der Waals surface area contributed by atoms with Crippen LogP contribution in [0.15, 0.2) is 64.5 Å². The fourth-order valence-electron chi connectivity index (χ4n) is 4.13. The molecule has 0 spiro atoms. The largest absolute Gasteiger partial charge is 0.325 e. The smallest absolute Gasteiger partial charge is 0.267 e. The summed E-state index contributed by atoms with van der Waals surface area (Å²) in [5.74, 6) is 0.582. The van der Waals surface area contributed by atoms with Gasteiger partial charge in [0.2, 0.25) is 5.91 Å². The molecule has 0 bridgehead atoms. The number of anilines is 1. The van der Waals surface area contributed by atoms with E-state index in [1.165, 1.54) is 16.6 Å². The Morgan fingerprint density at radius 2 is 1.97 bits per heavy atom. The third kappa shape index (κ3) is 4.58. The van der Waals surface area contributed by atoms with E-state index in [0.29, 0.717) is 21.8 Å². The van der Waals surface area contributed by atoms with Crippen molar-refractivity contribution in [3.63, 3.8) is 0 Å². The number of para-hydroxylation sites is 1. The number of thiophene rings is 1. The number of aromatic nitrogens is 2. The summed E-state index contributed by atoms with van der Waals surface area (Å²) in [7, 11) is 0. The maximum atomic E-state index is 13.7. The van der Waals surface area contributed by atoms with Crippen LogP contribution in [0.5, 0.6) is 0 Å². The zero-order chi connectivity index (χ0) is 22.9. The summed E-state index contributed by atoms with van der Waals surface area (Å²) in [5, 5.41) is 4.74. The Bertz CT molecular complexity index is 1380. The van der Waals surface area contributed by atoms with Crippen LogP contribution in [0, 0.1) is 5.92 Å². The van der Waals surface area contributed by atoms with E-state index in [1.807, 2.05) is 30.3 Å². The van der Waals surface area contributed by atoms with E-state index >= 15 is 0 Å². The number of carbonyl (C=O) groups is 1. The fourth-order valence-corrected chi connectivity index (χ4v) is 6.50. The maximum Gasteiger partial charge on any atom is 0.267 e. The van der Waals surface area contributed by atoms with E-state index in [0.717, 1.165) is 40.7 Å². The zero-order valence-electron chi connectivity index (χ0n) is 18.0. The molecule has 1 unspecified atom stereocenters. The van der Waals surface area contributed by atoms with E-state index in [-0.39, 0.29) is 17.2 Å². The average Bonchev–Trinajstić information content (AvgIpc) is 3.17. The quantitative estimate of drug-likeness (QED) is 0.274. The first-order chi connectivity index (χ1) is 16.0. The van der Waals surface area contributed by atoms with Crippen molar-refractivity contribution in [2.75, 3.05) is 11.1 Å². The monoisotopic (exact) mass is 495 g/mol.